The monoisotopic (exact) mass is 271 g/mol. The molecule has 1 amide bonds. The number of carbonyl (C=O) groups excluding carboxylic acids is 1. The van der Waals surface area contributed by atoms with Gasteiger partial charge in [-0.1, -0.05) is 0 Å². The minimum atomic E-state index is 0.0931. The van der Waals surface area contributed by atoms with E-state index in [9.17, 15) is 4.79 Å². The third kappa shape index (κ3) is 2.09. The van der Waals surface area contributed by atoms with Crippen LogP contribution in [0.1, 0.15) is 48.8 Å². The van der Waals surface area contributed by atoms with Gasteiger partial charge in [0.25, 0.3) is 5.91 Å². The van der Waals surface area contributed by atoms with Crippen molar-refractivity contribution in [3.8, 4) is 0 Å². The van der Waals surface area contributed by atoms with Crippen LogP contribution in [-0.2, 0) is 7.05 Å². The van der Waals surface area contributed by atoms with Gasteiger partial charge in [-0.05, 0) is 44.9 Å². The van der Waals surface area contributed by atoms with Gasteiger partial charge < -0.3 is 9.47 Å². The fraction of sp³-hybridized carbons (Fsp3) is 0.500. The summed E-state index contributed by atoms with van der Waals surface area (Å²) in [7, 11) is 2.06. The molecule has 1 heterocycles. The van der Waals surface area contributed by atoms with E-state index in [0.29, 0.717) is 5.92 Å². The van der Waals surface area contributed by atoms with Crippen LogP contribution in [0.25, 0.3) is 11.0 Å². The molecule has 0 saturated heterocycles. The molecule has 4 nitrogen and oxygen atoms in total. The molecule has 0 bridgehead atoms. The van der Waals surface area contributed by atoms with Gasteiger partial charge in [-0.2, -0.15) is 0 Å². The average molecular weight is 271 g/mol. The van der Waals surface area contributed by atoms with E-state index >= 15 is 0 Å². The van der Waals surface area contributed by atoms with Crippen LogP contribution in [0.4, 0.5) is 0 Å². The number of fused-ring (bicyclic) bond motifs is 1. The van der Waals surface area contributed by atoms with Crippen molar-refractivity contribution in [2.45, 2.75) is 32.6 Å². The van der Waals surface area contributed by atoms with Crippen LogP contribution >= 0.6 is 0 Å². The van der Waals surface area contributed by atoms with E-state index in [0.717, 1.165) is 35.5 Å². The quantitative estimate of drug-likeness (QED) is 0.857. The van der Waals surface area contributed by atoms with E-state index in [-0.39, 0.29) is 5.91 Å². The molecule has 1 aliphatic carbocycles. The molecule has 3 rings (SSSR count). The first kappa shape index (κ1) is 13.2. The Balaban J connectivity index is 2.00. The Hall–Kier alpha value is -1.84. The predicted molar refractivity (Wildman–Crippen MR) is 79.9 cm³/mol. The first-order valence-corrected chi connectivity index (χ1v) is 7.41. The highest BCUT2D eigenvalue weighted by Crippen LogP contribution is 2.40. The largest absolute Gasteiger partial charge is 0.339 e. The molecule has 20 heavy (non-hydrogen) atoms. The molecule has 2 aromatic rings. The minimum absolute atomic E-state index is 0.0931. The van der Waals surface area contributed by atoms with E-state index < -0.39 is 0 Å². The van der Waals surface area contributed by atoms with Crippen molar-refractivity contribution in [3.05, 3.63) is 29.6 Å². The van der Waals surface area contributed by atoms with Crippen molar-refractivity contribution < 1.29 is 4.79 Å². The first-order valence-electron chi connectivity index (χ1n) is 7.41. The van der Waals surface area contributed by atoms with E-state index in [1.54, 1.807) is 0 Å². The summed E-state index contributed by atoms with van der Waals surface area (Å²) >= 11 is 0. The molecular formula is C16H21N3O. The number of hydrogen-bond donors (Lipinski definition) is 0. The van der Waals surface area contributed by atoms with Crippen LogP contribution in [-0.4, -0.2) is 33.4 Å². The molecule has 4 heteroatoms. The van der Waals surface area contributed by atoms with Crippen LogP contribution in [0.3, 0.4) is 0 Å². The molecule has 0 spiro atoms. The molecule has 0 unspecified atom stereocenters. The zero-order valence-corrected chi connectivity index (χ0v) is 12.4. The second-order valence-corrected chi connectivity index (χ2v) is 5.48. The summed E-state index contributed by atoms with van der Waals surface area (Å²) in [5.74, 6) is 1.87. The molecule has 0 N–H and O–H groups in total. The third-order valence-electron chi connectivity index (χ3n) is 4.16. The maximum Gasteiger partial charge on any atom is 0.253 e. The van der Waals surface area contributed by atoms with Crippen LogP contribution in [0.5, 0.6) is 0 Å². The number of carbonyl (C=O) groups is 1. The van der Waals surface area contributed by atoms with E-state index in [4.69, 9.17) is 4.98 Å². The summed E-state index contributed by atoms with van der Waals surface area (Å²) in [6.45, 7) is 5.49. The molecule has 106 valence electrons. The first-order chi connectivity index (χ1) is 9.65. The summed E-state index contributed by atoms with van der Waals surface area (Å²) in [5.41, 5.74) is 2.79. The van der Waals surface area contributed by atoms with Gasteiger partial charge in [0.05, 0.1) is 11.0 Å². The molecular weight excluding hydrogens is 250 g/mol. The van der Waals surface area contributed by atoms with Gasteiger partial charge in [-0.25, -0.2) is 4.98 Å². The van der Waals surface area contributed by atoms with E-state index in [1.165, 1.54) is 12.8 Å². The summed E-state index contributed by atoms with van der Waals surface area (Å²) in [4.78, 5) is 18.9. The molecule has 1 aromatic heterocycles. The fourth-order valence-corrected chi connectivity index (χ4v) is 2.75. The van der Waals surface area contributed by atoms with Gasteiger partial charge in [-0.15, -0.1) is 0 Å². The number of hydrogen-bond acceptors (Lipinski definition) is 2. The van der Waals surface area contributed by atoms with Crippen LogP contribution in [0.15, 0.2) is 18.2 Å². The lowest BCUT2D eigenvalue weighted by atomic mass is 10.1. The van der Waals surface area contributed by atoms with Gasteiger partial charge in [-0.3, -0.25) is 4.79 Å². The molecule has 0 atom stereocenters. The maximum atomic E-state index is 12.4. The number of rotatable bonds is 4. The highest BCUT2D eigenvalue weighted by atomic mass is 16.2. The van der Waals surface area contributed by atoms with Gasteiger partial charge in [0, 0.05) is 31.6 Å². The zero-order chi connectivity index (χ0) is 14.3. The van der Waals surface area contributed by atoms with Crippen molar-refractivity contribution in [2.24, 2.45) is 7.05 Å². The second-order valence-electron chi connectivity index (χ2n) is 5.48. The number of aryl methyl sites for hydroxylation is 1. The molecule has 1 aromatic carbocycles. The van der Waals surface area contributed by atoms with Crippen LogP contribution in [0.2, 0.25) is 0 Å². The van der Waals surface area contributed by atoms with Crippen LogP contribution < -0.4 is 0 Å². The van der Waals surface area contributed by atoms with E-state index in [2.05, 4.69) is 11.6 Å². The lowest BCUT2D eigenvalue weighted by Gasteiger charge is -2.18. The standard InChI is InChI=1S/C16H21N3O/c1-4-19(5-2)16(20)12-8-9-14-13(10-12)17-15(18(14)3)11-6-7-11/h8-11H,4-7H2,1-3H3. The summed E-state index contributed by atoms with van der Waals surface area (Å²) in [6, 6.07) is 5.87. The Morgan fingerprint density at radius 3 is 2.65 bits per heavy atom. The number of aromatic nitrogens is 2. The predicted octanol–water partition coefficient (Wildman–Crippen LogP) is 2.93. The van der Waals surface area contributed by atoms with Crippen molar-refractivity contribution in [1.29, 1.82) is 0 Å². The van der Waals surface area contributed by atoms with E-state index in [1.807, 2.05) is 36.9 Å². The highest BCUT2D eigenvalue weighted by molar-refractivity contribution is 5.97. The lowest BCUT2D eigenvalue weighted by Crippen LogP contribution is -2.30. The number of nitrogens with zero attached hydrogens (tertiary/aromatic N) is 3. The normalized spacial score (nSPS) is 14.8. The average Bonchev–Trinajstić information content (AvgIpc) is 3.25. The fourth-order valence-electron chi connectivity index (χ4n) is 2.75. The third-order valence-corrected chi connectivity index (χ3v) is 4.16. The topological polar surface area (TPSA) is 38.1 Å². The summed E-state index contributed by atoms with van der Waals surface area (Å²) < 4.78 is 2.17. The molecule has 0 radical (unpaired) electrons. The smallest absolute Gasteiger partial charge is 0.253 e. The molecule has 1 aliphatic rings. The van der Waals surface area contributed by atoms with Crippen molar-refractivity contribution >= 4 is 16.9 Å². The second kappa shape index (κ2) is 4.93. The molecule has 0 aliphatic heterocycles. The van der Waals surface area contributed by atoms with Crippen molar-refractivity contribution in [1.82, 2.24) is 14.5 Å². The maximum absolute atomic E-state index is 12.4. The van der Waals surface area contributed by atoms with Gasteiger partial charge in [0.2, 0.25) is 0 Å². The number of amides is 1. The zero-order valence-electron chi connectivity index (χ0n) is 12.4. The van der Waals surface area contributed by atoms with Crippen LogP contribution in [0, 0.1) is 0 Å². The Morgan fingerprint density at radius 2 is 2.05 bits per heavy atom. The Labute approximate surface area is 119 Å². The molecule has 1 saturated carbocycles. The number of benzene rings is 1. The molecule has 1 fully saturated rings. The van der Waals surface area contributed by atoms with Gasteiger partial charge in [0.1, 0.15) is 5.82 Å². The SMILES string of the molecule is CCN(CC)C(=O)c1ccc2c(c1)nc(C1CC1)n2C. The Bertz CT molecular complexity index is 651. The lowest BCUT2D eigenvalue weighted by molar-refractivity contribution is 0.0773. The Morgan fingerprint density at radius 1 is 1.35 bits per heavy atom. The summed E-state index contributed by atoms with van der Waals surface area (Å²) in [5, 5.41) is 0. The Kier molecular flexibility index (Phi) is 3.24. The number of imidazole rings is 1. The minimum Gasteiger partial charge on any atom is -0.339 e. The van der Waals surface area contributed by atoms with Crippen molar-refractivity contribution in [2.75, 3.05) is 13.1 Å². The van der Waals surface area contributed by atoms with Crippen molar-refractivity contribution in [3.63, 3.8) is 0 Å². The highest BCUT2D eigenvalue weighted by Gasteiger charge is 2.28. The van der Waals surface area contributed by atoms with Gasteiger partial charge >= 0.3 is 0 Å². The van der Waals surface area contributed by atoms with Gasteiger partial charge in [0.15, 0.2) is 0 Å². The summed E-state index contributed by atoms with van der Waals surface area (Å²) in [6.07, 6.45) is 2.48.